The van der Waals surface area contributed by atoms with Gasteiger partial charge in [0.2, 0.25) is 7.37 Å². The smallest absolute Gasteiger partial charge is 0.507 e. The molecule has 8 N–H and O–H groups in total. The van der Waals surface area contributed by atoms with Gasteiger partial charge in [-0.15, -0.1) is 16.1 Å². The Hall–Kier alpha value is -9.36. The average Bonchev–Trinajstić information content (AvgIpc) is 1.30. The number of phosphoric acid groups is 2. The average molecular weight is 1430 g/mol. The first-order valence-electron chi connectivity index (χ1n) is 29.8. The van der Waals surface area contributed by atoms with E-state index in [1.165, 1.54) is 105 Å². The Morgan fingerprint density at radius 2 is 0.938 bits per heavy atom. The Morgan fingerprint density at radius 3 is 1.33 bits per heavy atom. The molecule has 0 saturated heterocycles. The molecule has 4 aromatic heterocycles. The molecule has 0 bridgehead atoms. The molecule has 1 unspecified atom stereocenters. The third-order valence-corrected chi connectivity index (χ3v) is 13.5. The first-order chi connectivity index (χ1) is 46.9. The van der Waals surface area contributed by atoms with Crippen LogP contribution < -0.4 is 18.3 Å². The molecular formula is C62H72ClN8O21P4+. The Kier molecular flexibility index (Phi) is 31.0. The molecule has 0 spiro atoms. The minimum absolute atomic E-state index is 0.0245. The number of phosphoric ester groups is 2. The Morgan fingerprint density at radius 1 is 0.552 bits per heavy atom. The predicted molar refractivity (Wildman–Crippen MR) is 357 cm³/mol. The molecule has 5 aromatic carbocycles. The van der Waals surface area contributed by atoms with Gasteiger partial charge in [0.15, 0.2) is 31.8 Å². The highest BCUT2D eigenvalue weighted by Gasteiger charge is 2.23. The Bertz CT molecular complexity index is 4230. The summed E-state index contributed by atoms with van der Waals surface area (Å²) >= 11 is 5.74. The fourth-order valence-corrected chi connectivity index (χ4v) is 9.25. The number of alkyl halides is 1. The summed E-state index contributed by atoms with van der Waals surface area (Å²) in [5.41, 5.74) is 2.54. The number of benzene rings is 5. The van der Waals surface area contributed by atoms with E-state index in [0.29, 0.717) is 30.6 Å². The van der Waals surface area contributed by atoms with Crippen LogP contribution in [0.2, 0.25) is 0 Å². The summed E-state index contributed by atoms with van der Waals surface area (Å²) in [5.74, 6) is -3.91. The van der Waals surface area contributed by atoms with Gasteiger partial charge in [-0.3, -0.25) is 52.7 Å². The molecule has 0 aliphatic rings. The van der Waals surface area contributed by atoms with Crippen molar-refractivity contribution in [1.29, 1.82) is 0 Å². The second-order valence-corrected chi connectivity index (χ2v) is 25.7. The molecule has 0 amide bonds. The number of ether oxygens (including phenoxy) is 1. The molecule has 1 atom stereocenters. The van der Waals surface area contributed by atoms with E-state index in [2.05, 4.69) is 39.2 Å². The summed E-state index contributed by atoms with van der Waals surface area (Å²) in [4.78, 5) is 93.8. The molecule has 0 aliphatic carbocycles. The van der Waals surface area contributed by atoms with Crippen LogP contribution in [-0.2, 0) is 41.8 Å². The van der Waals surface area contributed by atoms with E-state index in [9.17, 15) is 42.5 Å². The summed E-state index contributed by atoms with van der Waals surface area (Å²) in [5, 5.41) is 44.6. The fraction of sp³-hybridized carbons (Fsp3) is 0.226. The van der Waals surface area contributed by atoms with Crippen LogP contribution in [0.1, 0.15) is 117 Å². The molecule has 29 nitrogen and oxygen atoms in total. The number of halogens is 1. The lowest BCUT2D eigenvalue weighted by Crippen LogP contribution is -2.08. The first-order valence-corrected chi connectivity index (χ1v) is 35.4. The van der Waals surface area contributed by atoms with Gasteiger partial charge in [0.1, 0.15) is 71.8 Å². The van der Waals surface area contributed by atoms with Gasteiger partial charge in [-0.1, -0.05) is 68.4 Å². The second kappa shape index (κ2) is 40.1. The largest absolute Gasteiger partial charge is 0.524 e. The SMILES string of the molecule is CC.CP(C)(=O)Oc1cccc(O)c1C=O.C[P+](=O)OCc1ccccc1.O=Cc1c(O)cccc1O.O=Cc1c(O)cccc1OP(=O)(O)O.[2H]C([2H])(Cl)c1cncnc1-c1ccnn1C(C)C.[2H]C([2H])(Oc1cccc(OP(=O)(O)O)c1C=O)c1cncnc1-c1ccnn1C(C)C. The van der Waals surface area contributed by atoms with Crippen LogP contribution >= 0.6 is 42.6 Å². The number of aldehydes is 4. The van der Waals surface area contributed by atoms with Crippen LogP contribution in [0.4, 0.5) is 0 Å². The molecule has 0 radical (unpaired) electrons. The number of nitrogens with zero attached hydrogens (tertiary/aromatic N) is 8. The first kappa shape index (κ1) is 74.0. The van der Waals surface area contributed by atoms with Gasteiger partial charge < -0.3 is 38.7 Å². The highest BCUT2D eigenvalue weighted by atomic mass is 35.5. The third-order valence-electron chi connectivity index (χ3n) is 11.3. The zero-order valence-electron chi connectivity index (χ0n) is 56.7. The number of phenolic OH excluding ortho intramolecular Hbond substituents is 4. The van der Waals surface area contributed by atoms with Crippen LogP contribution in [0.25, 0.3) is 22.8 Å². The van der Waals surface area contributed by atoms with Gasteiger partial charge in [0.05, 0.1) is 53.6 Å². The third kappa shape index (κ3) is 27.2. The fourth-order valence-electron chi connectivity index (χ4n) is 7.31. The summed E-state index contributed by atoms with van der Waals surface area (Å²) in [6.07, 6.45) is 9.88. The molecular weight excluding hydrogens is 1350 g/mol. The van der Waals surface area contributed by atoms with Crippen LogP contribution in [0.15, 0.2) is 153 Å². The summed E-state index contributed by atoms with van der Waals surface area (Å²) in [7, 11) is -13.9. The monoisotopic (exact) mass is 1430 g/mol. The summed E-state index contributed by atoms with van der Waals surface area (Å²) in [6, 6.07) is 29.2. The second-order valence-electron chi connectivity index (χ2n) is 19.3. The molecule has 512 valence electrons. The molecule has 96 heavy (non-hydrogen) atoms. The lowest BCUT2D eigenvalue weighted by atomic mass is 10.1. The maximum absolute atomic E-state index is 11.6. The number of aromatic nitrogens is 8. The standard InChI is InChI=1S/C18H19N4O6P.C11H13ClN4.C9H11O4P.C8H10O2P.C7H7O6P.C7H6O3.C2H6/c1-12(2)22-15(6-7-21-22)18-13(8-19-11-20-18)10-27-16-4-3-5-17(14(16)9-23)28-29(24,25)26;1-8(2)16-10(3-4-15-16)11-9(5-12)6-13-7-14-11;1-14(2,12)13-9-5-3-4-8(11)7(9)6-10;1-11(9)10-7-8-5-3-2-4-6-8;8-4-5-6(9)2-1-3-7(5)13-14(10,11)12;8-4-5-6(9)2-1-3-7(5)10;1-2/h3-9,11-12H,10H2,1-2H3,(H2,24,25,26);3-4,6-8H,5H2,1-2H3;3-6,11H,1-2H3;2-6H,7H2,1H3;1-4,9H,(H2,10,11,12);1-4,9-10H;1-2H3/q;;;+1;;;/i10D2;5D2;;;;;. The van der Waals surface area contributed by atoms with Crippen LogP contribution in [0, 0.1) is 0 Å². The van der Waals surface area contributed by atoms with Gasteiger partial charge in [0.25, 0.3) is 0 Å². The maximum atomic E-state index is 11.6. The Labute approximate surface area is 563 Å². The van der Waals surface area contributed by atoms with Gasteiger partial charge in [0, 0.05) is 64.1 Å². The van der Waals surface area contributed by atoms with Crippen molar-refractivity contribution in [3.8, 4) is 68.8 Å². The van der Waals surface area contributed by atoms with Crippen LogP contribution in [-0.4, -0.2) is 125 Å². The molecule has 0 saturated carbocycles. The number of carbonyl (C=O) groups is 4. The number of hydrogen-bond acceptors (Lipinski definition) is 23. The zero-order valence-corrected chi connectivity index (χ0v) is 57.1. The lowest BCUT2D eigenvalue weighted by molar-refractivity contribution is 0.110. The number of aromatic hydroxyl groups is 4. The van der Waals surface area contributed by atoms with Gasteiger partial charge in [-0.2, -0.15) is 10.2 Å². The molecule has 34 heteroatoms. The van der Waals surface area contributed by atoms with Crippen molar-refractivity contribution in [1.82, 2.24) is 39.5 Å². The van der Waals surface area contributed by atoms with E-state index in [4.69, 9.17) is 65.8 Å². The Balaban J connectivity index is 0.000000327. The highest BCUT2D eigenvalue weighted by molar-refractivity contribution is 7.57. The normalized spacial score (nSPS) is 11.7. The van der Waals surface area contributed by atoms with Crippen molar-refractivity contribution in [2.45, 2.75) is 72.6 Å². The van der Waals surface area contributed by atoms with Crippen molar-refractivity contribution in [2.24, 2.45) is 0 Å². The van der Waals surface area contributed by atoms with Crippen LogP contribution in [0.5, 0.6) is 46.0 Å². The van der Waals surface area contributed by atoms with E-state index >= 15 is 0 Å². The van der Waals surface area contributed by atoms with Crippen molar-refractivity contribution in [2.75, 3.05) is 20.0 Å². The van der Waals surface area contributed by atoms with Gasteiger partial charge >= 0.3 is 23.7 Å². The van der Waals surface area contributed by atoms with E-state index in [1.54, 1.807) is 40.6 Å². The van der Waals surface area contributed by atoms with E-state index in [-0.39, 0.29) is 98.2 Å². The molecule has 4 heterocycles. The topological polar surface area (TPSA) is 432 Å². The quantitative estimate of drug-likeness (QED) is 0.0188. The zero-order chi connectivity index (χ0) is 75.3. The molecule has 0 aliphatic heterocycles. The molecule has 0 fully saturated rings. The lowest BCUT2D eigenvalue weighted by Gasteiger charge is -2.15. The van der Waals surface area contributed by atoms with E-state index < -0.39 is 54.9 Å². The number of phenols is 4. The number of carbonyl (C=O) groups excluding carboxylic acids is 4. The number of hydrogen-bond donors (Lipinski definition) is 8. The van der Waals surface area contributed by atoms with Crippen molar-refractivity contribution >= 4 is 67.8 Å². The van der Waals surface area contributed by atoms with Crippen LogP contribution in [0.3, 0.4) is 0 Å². The van der Waals surface area contributed by atoms with Crippen molar-refractivity contribution < 1.29 is 106 Å². The minimum Gasteiger partial charge on any atom is -0.507 e. The predicted octanol–water partition coefficient (Wildman–Crippen LogP) is 12.8. The maximum Gasteiger partial charge on any atom is 0.524 e. The highest BCUT2D eigenvalue weighted by Crippen LogP contribution is 2.43. The van der Waals surface area contributed by atoms with Gasteiger partial charge in [-0.25, -0.2) is 29.1 Å². The van der Waals surface area contributed by atoms with E-state index in [0.717, 1.165) is 17.3 Å². The number of rotatable bonds is 21. The van der Waals surface area contributed by atoms with Crippen molar-refractivity contribution in [3.63, 3.8) is 0 Å². The summed E-state index contributed by atoms with van der Waals surface area (Å²) < 4.78 is 103. The van der Waals surface area contributed by atoms with Gasteiger partial charge in [-0.05, 0) is 98.5 Å². The van der Waals surface area contributed by atoms with E-state index in [1.807, 2.05) is 71.9 Å². The molecule has 9 aromatic rings. The van der Waals surface area contributed by atoms with Crippen molar-refractivity contribution in [3.05, 3.63) is 192 Å². The minimum atomic E-state index is -4.95. The summed E-state index contributed by atoms with van der Waals surface area (Å²) in [6.45, 7) is 14.1. The molecule has 9 rings (SSSR count).